The van der Waals surface area contributed by atoms with Gasteiger partial charge in [-0.25, -0.2) is 0 Å². The number of methoxy groups -OCH3 is 1. The molecule has 29 heavy (non-hydrogen) atoms. The molecule has 0 aromatic rings. The predicted molar refractivity (Wildman–Crippen MR) is 107 cm³/mol. The van der Waals surface area contributed by atoms with Crippen LogP contribution in [-0.2, 0) is 28.5 Å². The zero-order valence-electron chi connectivity index (χ0n) is 18.5. The number of aliphatic hydroxyl groups excluding tert-OH is 1. The van der Waals surface area contributed by atoms with Gasteiger partial charge in [-0.05, 0) is 59.3 Å². The van der Waals surface area contributed by atoms with Crippen LogP contribution in [0.15, 0.2) is 0 Å². The van der Waals surface area contributed by atoms with Gasteiger partial charge in [0.25, 0.3) is 0 Å². The molecular weight excluding hydrogens is 376 g/mol. The van der Waals surface area contributed by atoms with Crippen LogP contribution in [0.1, 0.15) is 72.6 Å². The SMILES string of the molecule is CC[C@@H](O)C[C@H]1CC[C@@H]([C@H](C)C(=O)O[C@H](C)C[C@H]2CC[C@@H]([C@H](C)C(=O)OC)O2)O1. The summed E-state index contributed by atoms with van der Waals surface area (Å²) in [5.41, 5.74) is 0. The van der Waals surface area contributed by atoms with E-state index in [4.69, 9.17) is 18.9 Å². The molecule has 0 aromatic carbocycles. The summed E-state index contributed by atoms with van der Waals surface area (Å²) in [5.74, 6) is -1.14. The zero-order chi connectivity index (χ0) is 21.6. The molecule has 2 aliphatic heterocycles. The Hall–Kier alpha value is -1.18. The lowest BCUT2D eigenvalue weighted by Gasteiger charge is -2.24. The molecule has 0 radical (unpaired) electrons. The number of aliphatic hydroxyl groups is 1. The molecule has 0 bridgehead atoms. The fraction of sp³-hybridized carbons (Fsp3) is 0.909. The number of carbonyl (C=O) groups is 2. The van der Waals surface area contributed by atoms with Gasteiger partial charge in [0.05, 0.1) is 49.5 Å². The minimum atomic E-state index is -0.349. The van der Waals surface area contributed by atoms with Crippen molar-refractivity contribution < 1.29 is 33.6 Å². The third kappa shape index (κ3) is 6.93. The maximum absolute atomic E-state index is 12.5. The molecule has 7 heteroatoms. The van der Waals surface area contributed by atoms with Gasteiger partial charge >= 0.3 is 11.9 Å². The highest BCUT2D eigenvalue weighted by Gasteiger charge is 2.37. The van der Waals surface area contributed by atoms with E-state index in [0.29, 0.717) is 19.3 Å². The highest BCUT2D eigenvalue weighted by Crippen LogP contribution is 2.31. The summed E-state index contributed by atoms with van der Waals surface area (Å²) in [7, 11) is 1.39. The first-order valence-electron chi connectivity index (χ1n) is 11.0. The lowest BCUT2D eigenvalue weighted by atomic mass is 10.0. The van der Waals surface area contributed by atoms with E-state index < -0.39 is 0 Å². The molecule has 2 fully saturated rings. The van der Waals surface area contributed by atoms with E-state index in [1.54, 1.807) is 0 Å². The van der Waals surface area contributed by atoms with E-state index in [2.05, 4.69) is 0 Å². The minimum absolute atomic E-state index is 0.0169. The average molecular weight is 415 g/mol. The van der Waals surface area contributed by atoms with Gasteiger partial charge in [0.15, 0.2) is 0 Å². The summed E-state index contributed by atoms with van der Waals surface area (Å²) in [5, 5.41) is 9.80. The van der Waals surface area contributed by atoms with Crippen LogP contribution < -0.4 is 0 Å². The first-order chi connectivity index (χ1) is 13.7. The second-order valence-electron chi connectivity index (χ2n) is 8.63. The van der Waals surface area contributed by atoms with Gasteiger partial charge in [-0.15, -0.1) is 0 Å². The Morgan fingerprint density at radius 1 is 0.931 bits per heavy atom. The number of ether oxygens (including phenoxy) is 4. The minimum Gasteiger partial charge on any atom is -0.469 e. The van der Waals surface area contributed by atoms with Crippen LogP contribution in [0.25, 0.3) is 0 Å². The summed E-state index contributed by atoms with van der Waals surface area (Å²) in [4.78, 5) is 24.2. The van der Waals surface area contributed by atoms with Crippen molar-refractivity contribution in [2.45, 2.75) is 109 Å². The van der Waals surface area contributed by atoms with Gasteiger partial charge < -0.3 is 24.1 Å². The molecule has 8 atom stereocenters. The van der Waals surface area contributed by atoms with Crippen molar-refractivity contribution in [1.82, 2.24) is 0 Å². The second kappa shape index (κ2) is 11.3. The van der Waals surface area contributed by atoms with Crippen LogP contribution in [0.3, 0.4) is 0 Å². The van der Waals surface area contributed by atoms with Crippen molar-refractivity contribution in [2.75, 3.05) is 7.11 Å². The topological polar surface area (TPSA) is 91.3 Å². The molecule has 0 amide bonds. The van der Waals surface area contributed by atoms with E-state index in [-0.39, 0.29) is 60.4 Å². The van der Waals surface area contributed by atoms with Gasteiger partial charge in [0, 0.05) is 6.42 Å². The summed E-state index contributed by atoms with van der Waals surface area (Å²) in [6.45, 7) is 7.49. The normalized spacial score (nSPS) is 31.1. The van der Waals surface area contributed by atoms with Crippen LogP contribution >= 0.6 is 0 Å². The maximum Gasteiger partial charge on any atom is 0.311 e. The molecule has 168 valence electrons. The largest absolute Gasteiger partial charge is 0.469 e. The van der Waals surface area contributed by atoms with E-state index in [1.165, 1.54) is 7.11 Å². The molecular formula is C22H38O7. The Bertz CT molecular complexity index is 537. The van der Waals surface area contributed by atoms with Crippen LogP contribution in [0.2, 0.25) is 0 Å². The Balaban J connectivity index is 1.73. The summed E-state index contributed by atoms with van der Waals surface area (Å²) < 4.78 is 22.4. The molecule has 0 aliphatic carbocycles. The molecule has 2 heterocycles. The van der Waals surface area contributed by atoms with Gasteiger partial charge in [-0.1, -0.05) is 6.92 Å². The van der Waals surface area contributed by atoms with Crippen molar-refractivity contribution in [3.05, 3.63) is 0 Å². The number of rotatable bonds is 10. The van der Waals surface area contributed by atoms with Crippen LogP contribution in [0.4, 0.5) is 0 Å². The highest BCUT2D eigenvalue weighted by molar-refractivity contribution is 5.73. The first kappa shape index (κ1) is 24.1. The Labute approximate surface area is 174 Å². The second-order valence-corrected chi connectivity index (χ2v) is 8.63. The molecule has 0 saturated carbocycles. The van der Waals surface area contributed by atoms with E-state index in [9.17, 15) is 14.7 Å². The van der Waals surface area contributed by atoms with Gasteiger partial charge in [0.1, 0.15) is 6.10 Å². The van der Waals surface area contributed by atoms with E-state index in [0.717, 1.165) is 25.7 Å². The number of carbonyl (C=O) groups excluding carboxylic acids is 2. The Morgan fingerprint density at radius 2 is 1.45 bits per heavy atom. The number of esters is 2. The third-order valence-electron chi connectivity index (χ3n) is 6.26. The van der Waals surface area contributed by atoms with E-state index in [1.807, 2.05) is 27.7 Å². The van der Waals surface area contributed by atoms with Gasteiger partial charge in [-0.3, -0.25) is 9.59 Å². The van der Waals surface area contributed by atoms with E-state index >= 15 is 0 Å². The smallest absolute Gasteiger partial charge is 0.311 e. The quantitative estimate of drug-likeness (QED) is 0.550. The van der Waals surface area contributed by atoms with Crippen molar-refractivity contribution in [3.8, 4) is 0 Å². The molecule has 0 aromatic heterocycles. The molecule has 0 unspecified atom stereocenters. The van der Waals surface area contributed by atoms with Crippen molar-refractivity contribution in [2.24, 2.45) is 11.8 Å². The molecule has 0 spiro atoms. The maximum atomic E-state index is 12.5. The fourth-order valence-corrected chi connectivity index (χ4v) is 4.23. The summed E-state index contributed by atoms with van der Waals surface area (Å²) >= 11 is 0. The lowest BCUT2D eigenvalue weighted by Crippen LogP contribution is -2.32. The van der Waals surface area contributed by atoms with Crippen molar-refractivity contribution in [1.29, 1.82) is 0 Å². The van der Waals surface area contributed by atoms with Gasteiger partial charge in [-0.2, -0.15) is 0 Å². The summed E-state index contributed by atoms with van der Waals surface area (Å²) in [6, 6.07) is 0. The molecule has 2 aliphatic rings. The predicted octanol–water partition coefficient (Wildman–Crippen LogP) is 3.01. The molecule has 7 nitrogen and oxygen atoms in total. The molecule has 2 saturated heterocycles. The fourth-order valence-electron chi connectivity index (χ4n) is 4.23. The van der Waals surface area contributed by atoms with Crippen molar-refractivity contribution >= 4 is 11.9 Å². The lowest BCUT2D eigenvalue weighted by molar-refractivity contribution is -0.159. The molecule has 1 N–H and O–H groups in total. The Kier molecular flexibility index (Phi) is 9.37. The van der Waals surface area contributed by atoms with Crippen LogP contribution in [-0.4, -0.2) is 60.8 Å². The number of hydrogen-bond acceptors (Lipinski definition) is 7. The standard InChI is InChI=1S/C22H38O7/c1-6-16(23)12-18-8-10-20(29-18)15(4)22(25)27-13(2)11-17-7-9-19(28-17)14(3)21(24)26-5/h13-20,23H,6-12H2,1-5H3/t13-,14+,15+,16-,17-,18-,19+,20+/m1/s1. The van der Waals surface area contributed by atoms with Gasteiger partial charge in [0.2, 0.25) is 0 Å². The highest BCUT2D eigenvalue weighted by atomic mass is 16.6. The Morgan fingerprint density at radius 3 is 1.97 bits per heavy atom. The van der Waals surface area contributed by atoms with Crippen LogP contribution in [0, 0.1) is 11.8 Å². The third-order valence-corrected chi connectivity index (χ3v) is 6.26. The van der Waals surface area contributed by atoms with Crippen molar-refractivity contribution in [3.63, 3.8) is 0 Å². The first-order valence-corrected chi connectivity index (χ1v) is 11.0. The zero-order valence-corrected chi connectivity index (χ0v) is 18.5. The summed E-state index contributed by atoms with van der Waals surface area (Å²) in [6.07, 6.45) is 4.35. The number of hydrogen-bond donors (Lipinski definition) is 1. The molecule has 2 rings (SSSR count). The monoisotopic (exact) mass is 414 g/mol. The van der Waals surface area contributed by atoms with Crippen LogP contribution in [0.5, 0.6) is 0 Å². The average Bonchev–Trinajstić information content (AvgIpc) is 3.35.